The maximum absolute atomic E-state index is 12.3. The fourth-order valence-corrected chi connectivity index (χ4v) is 5.17. The Labute approximate surface area is 149 Å². The second kappa shape index (κ2) is 6.32. The Balaban J connectivity index is 1.51. The van der Waals surface area contributed by atoms with E-state index in [1.807, 2.05) is 0 Å². The SMILES string of the molecule is O=C1CC(NS(=O)(=O)c2cccs2)CN1c1ccc2c(c1)OCCO2. The zero-order chi connectivity index (χ0) is 17.4. The summed E-state index contributed by atoms with van der Waals surface area (Å²) in [5, 5.41) is 1.70. The molecular weight excluding hydrogens is 364 g/mol. The van der Waals surface area contributed by atoms with Crippen LogP contribution in [-0.2, 0) is 14.8 Å². The van der Waals surface area contributed by atoms with Gasteiger partial charge in [0.15, 0.2) is 11.5 Å². The third kappa shape index (κ3) is 3.22. The molecule has 4 rings (SSSR count). The molecule has 1 aromatic heterocycles. The van der Waals surface area contributed by atoms with Gasteiger partial charge in [0.1, 0.15) is 17.4 Å². The second-order valence-electron chi connectivity index (χ2n) is 5.79. The zero-order valence-corrected chi connectivity index (χ0v) is 14.8. The van der Waals surface area contributed by atoms with Gasteiger partial charge in [-0.2, -0.15) is 0 Å². The highest BCUT2D eigenvalue weighted by atomic mass is 32.2. The topological polar surface area (TPSA) is 84.9 Å². The number of thiophene rings is 1. The molecule has 1 atom stereocenters. The van der Waals surface area contributed by atoms with Crippen LogP contribution in [0.4, 0.5) is 5.69 Å². The van der Waals surface area contributed by atoms with E-state index in [1.165, 1.54) is 0 Å². The molecule has 2 aromatic rings. The molecule has 0 bridgehead atoms. The van der Waals surface area contributed by atoms with Crippen LogP contribution in [0.25, 0.3) is 0 Å². The first-order valence-corrected chi connectivity index (χ1v) is 10.1. The molecule has 0 radical (unpaired) electrons. The summed E-state index contributed by atoms with van der Waals surface area (Å²) in [5.74, 6) is 1.12. The number of nitrogens with zero attached hydrogens (tertiary/aromatic N) is 1. The molecule has 1 fully saturated rings. The number of rotatable bonds is 4. The lowest BCUT2D eigenvalue weighted by Gasteiger charge is -2.22. The van der Waals surface area contributed by atoms with Gasteiger partial charge < -0.3 is 14.4 Å². The first kappa shape index (κ1) is 16.4. The Morgan fingerprint density at radius 3 is 2.72 bits per heavy atom. The average molecular weight is 380 g/mol. The third-order valence-electron chi connectivity index (χ3n) is 4.04. The lowest BCUT2D eigenvalue weighted by molar-refractivity contribution is -0.117. The monoisotopic (exact) mass is 380 g/mol. The highest BCUT2D eigenvalue weighted by molar-refractivity contribution is 7.91. The summed E-state index contributed by atoms with van der Waals surface area (Å²) >= 11 is 1.15. The van der Waals surface area contributed by atoms with E-state index in [4.69, 9.17) is 9.47 Å². The number of sulfonamides is 1. The quantitative estimate of drug-likeness (QED) is 0.871. The summed E-state index contributed by atoms with van der Waals surface area (Å²) in [7, 11) is -3.60. The fraction of sp³-hybridized carbons (Fsp3) is 0.312. The maximum atomic E-state index is 12.3. The molecule has 1 saturated heterocycles. The van der Waals surface area contributed by atoms with Gasteiger partial charge in [0.2, 0.25) is 15.9 Å². The van der Waals surface area contributed by atoms with Gasteiger partial charge in [0.25, 0.3) is 0 Å². The number of anilines is 1. The van der Waals surface area contributed by atoms with Crippen LogP contribution in [0.3, 0.4) is 0 Å². The van der Waals surface area contributed by atoms with E-state index in [0.717, 1.165) is 11.3 Å². The van der Waals surface area contributed by atoms with E-state index in [0.29, 0.717) is 30.4 Å². The molecule has 1 amide bonds. The minimum Gasteiger partial charge on any atom is -0.486 e. The van der Waals surface area contributed by atoms with Gasteiger partial charge in [-0.15, -0.1) is 11.3 Å². The van der Waals surface area contributed by atoms with Gasteiger partial charge in [0, 0.05) is 30.8 Å². The van der Waals surface area contributed by atoms with Crippen LogP contribution < -0.4 is 19.1 Å². The van der Waals surface area contributed by atoms with Crippen molar-refractivity contribution in [2.45, 2.75) is 16.7 Å². The van der Waals surface area contributed by atoms with Gasteiger partial charge in [-0.3, -0.25) is 4.79 Å². The minimum absolute atomic E-state index is 0.124. The van der Waals surface area contributed by atoms with Crippen LogP contribution in [0.5, 0.6) is 11.5 Å². The molecule has 1 aromatic carbocycles. The van der Waals surface area contributed by atoms with Crippen LogP contribution in [0.1, 0.15) is 6.42 Å². The maximum Gasteiger partial charge on any atom is 0.250 e. The van der Waals surface area contributed by atoms with Crippen molar-refractivity contribution in [2.24, 2.45) is 0 Å². The highest BCUT2D eigenvalue weighted by Crippen LogP contribution is 2.35. The third-order valence-corrected chi connectivity index (χ3v) is 6.96. The van der Waals surface area contributed by atoms with Crippen molar-refractivity contribution >= 4 is 33.0 Å². The lowest BCUT2D eigenvalue weighted by atomic mass is 10.2. The normalized spacial score (nSPS) is 20.1. The molecule has 25 heavy (non-hydrogen) atoms. The van der Waals surface area contributed by atoms with Crippen LogP contribution in [0.2, 0.25) is 0 Å². The molecule has 1 unspecified atom stereocenters. The highest BCUT2D eigenvalue weighted by Gasteiger charge is 2.34. The van der Waals surface area contributed by atoms with Gasteiger partial charge in [-0.25, -0.2) is 13.1 Å². The molecule has 7 nitrogen and oxygen atoms in total. The van der Waals surface area contributed by atoms with Gasteiger partial charge in [-0.1, -0.05) is 6.07 Å². The number of nitrogens with one attached hydrogen (secondary N) is 1. The number of fused-ring (bicyclic) bond motifs is 1. The van der Waals surface area contributed by atoms with Gasteiger partial charge in [0.05, 0.1) is 0 Å². The number of hydrogen-bond acceptors (Lipinski definition) is 6. The molecule has 132 valence electrons. The fourth-order valence-electron chi connectivity index (χ4n) is 2.93. The van der Waals surface area contributed by atoms with Crippen LogP contribution in [0, 0.1) is 0 Å². The van der Waals surface area contributed by atoms with E-state index in [9.17, 15) is 13.2 Å². The number of benzene rings is 1. The molecule has 2 aliphatic rings. The Hall–Kier alpha value is -2.10. The molecule has 0 aliphatic carbocycles. The van der Waals surface area contributed by atoms with Crippen molar-refractivity contribution in [3.63, 3.8) is 0 Å². The first-order chi connectivity index (χ1) is 12.0. The number of carbonyl (C=O) groups is 1. The standard InChI is InChI=1S/C16H16N2O5S2/c19-15-8-11(17-25(20,21)16-2-1-7-24-16)10-18(15)12-3-4-13-14(9-12)23-6-5-22-13/h1-4,7,9,11,17H,5-6,8,10H2. The number of carbonyl (C=O) groups excluding carboxylic acids is 1. The van der Waals surface area contributed by atoms with Crippen molar-refractivity contribution in [3.8, 4) is 11.5 Å². The predicted molar refractivity (Wildman–Crippen MR) is 92.8 cm³/mol. The Morgan fingerprint density at radius 2 is 1.96 bits per heavy atom. The summed E-state index contributed by atoms with van der Waals surface area (Å²) in [6.45, 7) is 1.25. The summed E-state index contributed by atoms with van der Waals surface area (Å²) in [4.78, 5) is 13.9. The van der Waals surface area contributed by atoms with Gasteiger partial charge >= 0.3 is 0 Å². The van der Waals surface area contributed by atoms with Crippen molar-refractivity contribution in [1.82, 2.24) is 4.72 Å². The summed E-state index contributed by atoms with van der Waals surface area (Å²) in [5.41, 5.74) is 0.673. The largest absolute Gasteiger partial charge is 0.486 e. The Bertz CT molecular complexity index is 895. The smallest absolute Gasteiger partial charge is 0.250 e. The van der Waals surface area contributed by atoms with E-state index in [-0.39, 0.29) is 23.1 Å². The zero-order valence-electron chi connectivity index (χ0n) is 13.2. The lowest BCUT2D eigenvalue weighted by Crippen LogP contribution is -2.36. The van der Waals surface area contributed by atoms with Crippen molar-refractivity contribution in [2.75, 3.05) is 24.7 Å². The van der Waals surface area contributed by atoms with E-state index >= 15 is 0 Å². The number of hydrogen-bond donors (Lipinski definition) is 1. The summed E-state index contributed by atoms with van der Waals surface area (Å²) < 4.78 is 38.5. The van der Waals surface area contributed by atoms with Gasteiger partial charge in [-0.05, 0) is 23.6 Å². The summed E-state index contributed by atoms with van der Waals surface area (Å²) in [6, 6.07) is 8.06. The van der Waals surface area contributed by atoms with Crippen molar-refractivity contribution < 1.29 is 22.7 Å². The van der Waals surface area contributed by atoms with Crippen molar-refractivity contribution in [1.29, 1.82) is 0 Å². The van der Waals surface area contributed by atoms with E-state index in [2.05, 4.69) is 4.72 Å². The first-order valence-electron chi connectivity index (χ1n) is 7.79. The van der Waals surface area contributed by atoms with E-state index in [1.54, 1.807) is 40.6 Å². The molecule has 9 heteroatoms. The van der Waals surface area contributed by atoms with Crippen LogP contribution in [-0.4, -0.2) is 40.1 Å². The Morgan fingerprint density at radius 1 is 1.16 bits per heavy atom. The minimum atomic E-state index is -3.60. The van der Waals surface area contributed by atoms with Crippen LogP contribution in [0.15, 0.2) is 39.9 Å². The van der Waals surface area contributed by atoms with Crippen molar-refractivity contribution in [3.05, 3.63) is 35.7 Å². The molecular formula is C16H16N2O5S2. The van der Waals surface area contributed by atoms with Crippen LogP contribution >= 0.6 is 11.3 Å². The molecule has 3 heterocycles. The molecule has 0 spiro atoms. The number of ether oxygens (including phenoxy) is 2. The molecule has 1 N–H and O–H groups in total. The summed E-state index contributed by atoms with van der Waals surface area (Å²) in [6.07, 6.45) is 0.124. The van der Waals surface area contributed by atoms with E-state index < -0.39 is 16.1 Å². The second-order valence-corrected chi connectivity index (χ2v) is 8.68. The molecule has 2 aliphatic heterocycles. The molecule has 0 saturated carbocycles. The predicted octanol–water partition coefficient (Wildman–Crippen LogP) is 1.60. The number of amides is 1. The average Bonchev–Trinajstić information content (AvgIpc) is 3.24. The Kier molecular flexibility index (Phi) is 4.14.